The average Bonchev–Trinajstić information content (AvgIpc) is 3.21. The smallest absolute Gasteiger partial charge is 0.326 e. The fourth-order valence-electron chi connectivity index (χ4n) is 3.78. The quantitative estimate of drug-likeness (QED) is 0.451. The predicted octanol–water partition coefficient (Wildman–Crippen LogP) is 5.51. The lowest BCUT2D eigenvalue weighted by Gasteiger charge is -2.23. The van der Waals surface area contributed by atoms with Crippen molar-refractivity contribution < 1.29 is 18.9 Å². The second-order valence-corrected chi connectivity index (χ2v) is 10.0. The van der Waals surface area contributed by atoms with Gasteiger partial charge in [-0.2, -0.15) is 0 Å². The van der Waals surface area contributed by atoms with Gasteiger partial charge in [0.1, 0.15) is 6.54 Å². The van der Waals surface area contributed by atoms with E-state index < -0.39 is 23.5 Å². The van der Waals surface area contributed by atoms with E-state index in [0.29, 0.717) is 33.6 Å². The van der Waals surface area contributed by atoms with Gasteiger partial charge in [0.25, 0.3) is 0 Å². The lowest BCUT2D eigenvalue weighted by molar-refractivity contribution is -0.135. The number of carboxylic acid groups (broad SMARTS) is 1. The molecule has 0 bridgehead atoms. The number of nitrogens with zero attached hydrogens (tertiary/aromatic N) is 2. The zero-order valence-electron chi connectivity index (χ0n) is 18.1. The topological polar surface area (TPSA) is 90.0 Å². The summed E-state index contributed by atoms with van der Waals surface area (Å²) < 4.78 is 14.5. The van der Waals surface area contributed by atoms with Crippen LogP contribution < -0.4 is 14.5 Å². The molecule has 34 heavy (non-hydrogen) atoms. The van der Waals surface area contributed by atoms with Crippen molar-refractivity contribution in [2.24, 2.45) is 0 Å². The number of fused-ring (bicyclic) bond motifs is 1. The Balaban J connectivity index is 1.61. The number of nitrogens with one attached hydrogen (secondary N) is 1. The van der Waals surface area contributed by atoms with Crippen LogP contribution in [0.3, 0.4) is 0 Å². The largest absolute Gasteiger partial charge is 0.480 e. The van der Waals surface area contributed by atoms with E-state index in [1.807, 2.05) is 31.2 Å². The van der Waals surface area contributed by atoms with Gasteiger partial charge in [-0.05, 0) is 66.9 Å². The number of carbonyl (C=O) groups is 2. The predicted molar refractivity (Wildman–Crippen MR) is 136 cm³/mol. The molecular formula is C24H21Cl2N3O4S. The Bertz CT molecular complexity index is 1280. The second kappa shape index (κ2) is 10.0. The van der Waals surface area contributed by atoms with Crippen molar-refractivity contribution >= 4 is 63.3 Å². The molecule has 176 valence electrons. The number of anilines is 3. The normalized spacial score (nSPS) is 13.3. The Labute approximate surface area is 209 Å². The van der Waals surface area contributed by atoms with Gasteiger partial charge in [-0.15, -0.1) is 0 Å². The first-order valence-electron chi connectivity index (χ1n) is 10.4. The van der Waals surface area contributed by atoms with E-state index >= 15 is 0 Å². The number of carboxylic acids is 1. The highest BCUT2D eigenvalue weighted by molar-refractivity contribution is 7.86. The van der Waals surface area contributed by atoms with Crippen molar-refractivity contribution in [3.05, 3.63) is 81.8 Å². The molecule has 2 amide bonds. The van der Waals surface area contributed by atoms with Gasteiger partial charge in [0, 0.05) is 28.0 Å². The molecule has 0 saturated carbocycles. The minimum atomic E-state index is -1.87. The fourth-order valence-corrected chi connectivity index (χ4v) is 5.67. The van der Waals surface area contributed by atoms with Gasteiger partial charge in [-0.1, -0.05) is 41.4 Å². The summed E-state index contributed by atoms with van der Waals surface area (Å²) in [6, 6.07) is 16.9. The molecule has 4 rings (SSSR count). The summed E-state index contributed by atoms with van der Waals surface area (Å²) in [5, 5.41) is 13.0. The molecule has 0 aliphatic carbocycles. The molecule has 3 aromatic carbocycles. The minimum Gasteiger partial charge on any atom is -0.480 e. The van der Waals surface area contributed by atoms with Crippen LogP contribution in [0.5, 0.6) is 0 Å². The van der Waals surface area contributed by atoms with Gasteiger partial charge in [0.05, 0.1) is 10.6 Å². The number of halogens is 2. The molecule has 0 aromatic heterocycles. The summed E-state index contributed by atoms with van der Waals surface area (Å²) in [5.74, 6) is -1.14. The van der Waals surface area contributed by atoms with Crippen molar-refractivity contribution in [3.63, 3.8) is 0 Å². The zero-order valence-corrected chi connectivity index (χ0v) is 20.5. The fraction of sp³-hybridized carbons (Fsp3) is 0.167. The number of carbonyl (C=O) groups excluding carboxylic acids is 1. The van der Waals surface area contributed by atoms with Crippen LogP contribution in [0.4, 0.5) is 21.9 Å². The molecule has 10 heteroatoms. The number of benzene rings is 3. The van der Waals surface area contributed by atoms with Gasteiger partial charge in [-0.25, -0.2) is 9.00 Å². The molecule has 0 radical (unpaired) electrons. The standard InChI is InChI=1S/C24H21Cl2N3O4S/c1-15-4-2-3-5-21(15)27-24(32)28-9-8-16-10-19(6-7-22(16)28)29(14-23(30)31)34(33)20-12-17(25)11-18(26)13-20/h2-7,10-13H,8-9,14H2,1H3,(H,27,32)(H,30,31). The molecule has 3 aromatic rings. The Hall–Kier alpha value is -3.07. The molecule has 1 aliphatic heterocycles. The summed E-state index contributed by atoms with van der Waals surface area (Å²) in [4.78, 5) is 26.4. The first-order chi connectivity index (χ1) is 16.2. The van der Waals surface area contributed by atoms with Crippen molar-refractivity contribution in [2.75, 3.05) is 27.6 Å². The zero-order chi connectivity index (χ0) is 24.4. The van der Waals surface area contributed by atoms with E-state index in [4.69, 9.17) is 23.2 Å². The van der Waals surface area contributed by atoms with Gasteiger partial charge < -0.3 is 10.4 Å². The molecule has 1 heterocycles. The van der Waals surface area contributed by atoms with Gasteiger partial charge in [-0.3, -0.25) is 14.0 Å². The number of para-hydroxylation sites is 1. The average molecular weight is 518 g/mol. The Morgan fingerprint density at radius 2 is 1.79 bits per heavy atom. The van der Waals surface area contributed by atoms with E-state index in [0.717, 1.165) is 22.5 Å². The van der Waals surface area contributed by atoms with Crippen molar-refractivity contribution in [3.8, 4) is 0 Å². The van der Waals surface area contributed by atoms with Crippen LogP contribution in [0.1, 0.15) is 11.1 Å². The van der Waals surface area contributed by atoms with Crippen molar-refractivity contribution in [2.45, 2.75) is 18.2 Å². The number of urea groups is 1. The molecule has 1 aliphatic rings. The van der Waals surface area contributed by atoms with E-state index in [2.05, 4.69) is 5.32 Å². The van der Waals surface area contributed by atoms with E-state index in [1.54, 1.807) is 23.1 Å². The maximum atomic E-state index is 13.3. The third-order valence-electron chi connectivity index (χ3n) is 5.40. The number of aliphatic carboxylic acids is 1. The van der Waals surface area contributed by atoms with E-state index in [9.17, 15) is 18.9 Å². The van der Waals surface area contributed by atoms with E-state index in [-0.39, 0.29) is 6.03 Å². The Morgan fingerprint density at radius 1 is 1.09 bits per heavy atom. The van der Waals surface area contributed by atoms with Crippen LogP contribution >= 0.6 is 23.2 Å². The maximum absolute atomic E-state index is 13.3. The van der Waals surface area contributed by atoms with Crippen LogP contribution in [0.25, 0.3) is 0 Å². The number of hydrogen-bond donors (Lipinski definition) is 2. The monoisotopic (exact) mass is 517 g/mol. The summed E-state index contributed by atoms with van der Waals surface area (Å²) >= 11 is 12.1. The molecule has 0 saturated heterocycles. The highest BCUT2D eigenvalue weighted by Gasteiger charge is 2.27. The van der Waals surface area contributed by atoms with Crippen LogP contribution in [0.2, 0.25) is 10.0 Å². The third kappa shape index (κ3) is 5.19. The van der Waals surface area contributed by atoms with E-state index in [1.165, 1.54) is 22.5 Å². The van der Waals surface area contributed by atoms with Crippen LogP contribution in [0, 0.1) is 6.92 Å². The first kappa shape index (κ1) is 24.1. The van der Waals surface area contributed by atoms with Gasteiger partial charge in [0.2, 0.25) is 0 Å². The second-order valence-electron chi connectivity index (χ2n) is 7.74. The van der Waals surface area contributed by atoms with Crippen LogP contribution in [0.15, 0.2) is 65.6 Å². The molecule has 7 nitrogen and oxygen atoms in total. The SMILES string of the molecule is Cc1ccccc1NC(=O)N1CCc2cc(N(CC(=O)O)S(=O)c3cc(Cl)cc(Cl)c3)ccc21. The first-order valence-corrected chi connectivity index (χ1v) is 12.2. The number of rotatable bonds is 6. The van der Waals surface area contributed by atoms with Gasteiger partial charge in [0.15, 0.2) is 11.0 Å². The number of aryl methyl sites for hydroxylation is 1. The molecular weight excluding hydrogens is 497 g/mol. The number of amides is 2. The highest BCUT2D eigenvalue weighted by atomic mass is 35.5. The minimum absolute atomic E-state index is 0.250. The molecule has 0 fully saturated rings. The summed E-state index contributed by atoms with van der Waals surface area (Å²) in [6.07, 6.45) is 0.584. The van der Waals surface area contributed by atoms with Crippen LogP contribution in [-0.2, 0) is 22.2 Å². The van der Waals surface area contributed by atoms with Gasteiger partial charge >= 0.3 is 12.0 Å². The van der Waals surface area contributed by atoms with Crippen molar-refractivity contribution in [1.29, 1.82) is 0 Å². The summed E-state index contributed by atoms with van der Waals surface area (Å²) in [7, 11) is -1.87. The highest BCUT2D eigenvalue weighted by Crippen LogP contribution is 2.34. The maximum Gasteiger partial charge on any atom is 0.326 e. The lowest BCUT2D eigenvalue weighted by Crippen LogP contribution is -2.33. The summed E-state index contributed by atoms with van der Waals surface area (Å²) in [6.45, 7) is 1.90. The lowest BCUT2D eigenvalue weighted by atomic mass is 10.1. The van der Waals surface area contributed by atoms with Crippen molar-refractivity contribution in [1.82, 2.24) is 0 Å². The summed E-state index contributed by atoms with van der Waals surface area (Å²) in [5.41, 5.74) is 3.73. The Kier molecular flexibility index (Phi) is 7.11. The third-order valence-corrected chi connectivity index (χ3v) is 7.21. The molecule has 1 atom stereocenters. The molecule has 1 unspecified atom stereocenters. The molecule has 2 N–H and O–H groups in total. The van der Waals surface area contributed by atoms with Crippen LogP contribution in [-0.4, -0.2) is 34.4 Å². The molecule has 0 spiro atoms. The Morgan fingerprint density at radius 3 is 2.47 bits per heavy atom. The number of hydrogen-bond acceptors (Lipinski definition) is 3.